The zero-order chi connectivity index (χ0) is 38.2. The summed E-state index contributed by atoms with van der Waals surface area (Å²) >= 11 is 0. The average molecular weight is 741 g/mol. The summed E-state index contributed by atoms with van der Waals surface area (Å²) in [5.41, 5.74) is 6.01. The van der Waals surface area contributed by atoms with Gasteiger partial charge in [0, 0.05) is 45.4 Å². The van der Waals surface area contributed by atoms with Crippen molar-refractivity contribution >= 4 is 45.2 Å². The van der Waals surface area contributed by atoms with Gasteiger partial charge in [-0.3, -0.25) is 4.57 Å². The molecule has 0 fully saturated rings. The number of halogens is 6. The molecule has 0 aliphatic rings. The first-order valence-corrected chi connectivity index (χ1v) is 17.3. The van der Waals surface area contributed by atoms with E-state index in [0.29, 0.717) is 17.2 Å². The summed E-state index contributed by atoms with van der Waals surface area (Å²) in [5.74, 6) is 0.670. The van der Waals surface area contributed by atoms with Crippen molar-refractivity contribution in [2.75, 3.05) is 9.80 Å². The normalized spacial score (nSPS) is 11.8. The Balaban J connectivity index is 1.17. The Kier molecular flexibility index (Phi) is 9.10. The minimum absolute atomic E-state index is 0.570. The maximum Gasteiger partial charge on any atom is 0.416 e. The van der Waals surface area contributed by atoms with Crippen molar-refractivity contribution in [3.63, 3.8) is 0 Å². The number of rotatable bonds is 8. The number of benzene rings is 7. The summed E-state index contributed by atoms with van der Waals surface area (Å²) < 4.78 is 82.4. The molecule has 4 nitrogen and oxygen atoms in total. The number of alkyl halides is 6. The van der Waals surface area contributed by atoms with Gasteiger partial charge >= 0.3 is 12.4 Å². The average Bonchev–Trinajstić information content (AvgIpc) is 3.59. The molecule has 0 unspecified atom stereocenters. The number of fused-ring (bicyclic) bond motifs is 1. The Morgan fingerprint density at radius 3 is 1.18 bits per heavy atom. The molecule has 0 amide bonds. The summed E-state index contributed by atoms with van der Waals surface area (Å²) in [6, 6.07) is 52.2. The van der Waals surface area contributed by atoms with Crippen LogP contribution < -0.4 is 9.80 Å². The van der Waals surface area contributed by atoms with Gasteiger partial charge in [0.25, 0.3) is 0 Å². The van der Waals surface area contributed by atoms with Crippen LogP contribution in [0.1, 0.15) is 11.1 Å². The lowest BCUT2D eigenvalue weighted by molar-refractivity contribution is -0.138. The first-order valence-electron chi connectivity index (χ1n) is 17.3. The fraction of sp³-hybridized carbons (Fsp3) is 0.0444. The Hall–Kier alpha value is -6.81. The number of hydrogen-bond acceptors (Lipinski definition) is 3. The molecule has 0 aliphatic heterocycles. The molecule has 0 aliphatic carbocycles. The number of imidazole rings is 1. The van der Waals surface area contributed by atoms with Gasteiger partial charge in [0.1, 0.15) is 5.82 Å². The highest BCUT2D eigenvalue weighted by molar-refractivity contribution is 5.85. The quantitative estimate of drug-likeness (QED) is 0.145. The van der Waals surface area contributed by atoms with E-state index in [2.05, 4.69) is 0 Å². The smallest absolute Gasteiger partial charge is 0.311 e. The van der Waals surface area contributed by atoms with Crippen LogP contribution in [0, 0.1) is 0 Å². The van der Waals surface area contributed by atoms with Gasteiger partial charge in [0.2, 0.25) is 0 Å². The molecule has 0 atom stereocenters. The van der Waals surface area contributed by atoms with Crippen LogP contribution in [0.4, 0.5) is 60.5 Å². The van der Waals surface area contributed by atoms with E-state index < -0.39 is 23.5 Å². The van der Waals surface area contributed by atoms with Gasteiger partial charge in [0.15, 0.2) is 0 Å². The van der Waals surface area contributed by atoms with Crippen LogP contribution in [0.5, 0.6) is 0 Å². The standard InChI is InChI=1S/C45H30F6N4/c46-44(47,48)32-17-23-37(24-18-32)53(34-9-3-1-4-10-34)36-21-15-31(16-22-36)43-52-41-13-7-8-14-42(41)55(43)40-29-27-39(28-30-40)54(35-11-5-2-6-12-35)38-25-19-33(20-26-38)45(49,50)51/h1-30H. The molecule has 55 heavy (non-hydrogen) atoms. The Bertz CT molecular complexity index is 2530. The summed E-state index contributed by atoms with van der Waals surface area (Å²) in [4.78, 5) is 8.79. The number of anilines is 6. The van der Waals surface area contributed by atoms with E-state index in [-0.39, 0.29) is 0 Å². The molecular formula is C45H30F6N4. The Morgan fingerprint density at radius 1 is 0.382 bits per heavy atom. The molecule has 272 valence electrons. The van der Waals surface area contributed by atoms with E-state index in [4.69, 9.17) is 4.98 Å². The van der Waals surface area contributed by atoms with E-state index in [1.807, 2.05) is 148 Å². The molecule has 0 radical (unpaired) electrons. The van der Waals surface area contributed by atoms with Crippen LogP contribution in [0.25, 0.3) is 28.1 Å². The summed E-state index contributed by atoms with van der Waals surface area (Å²) in [5, 5.41) is 0. The SMILES string of the molecule is FC(F)(F)c1ccc(N(c2ccccc2)c2ccc(-c3nc4ccccc4n3-c3ccc(N(c4ccccc4)c4ccc(C(F)(F)F)cc4)cc3)cc2)cc1. The maximum atomic E-state index is 13.4. The number of aromatic nitrogens is 2. The van der Waals surface area contributed by atoms with Gasteiger partial charge in [-0.15, -0.1) is 0 Å². The number of nitrogens with zero attached hydrogens (tertiary/aromatic N) is 4. The second kappa shape index (κ2) is 14.2. The highest BCUT2D eigenvalue weighted by atomic mass is 19.4. The van der Waals surface area contributed by atoms with Crippen LogP contribution in [-0.4, -0.2) is 9.55 Å². The van der Waals surface area contributed by atoms with Gasteiger partial charge in [0.05, 0.1) is 22.2 Å². The van der Waals surface area contributed by atoms with E-state index in [1.165, 1.54) is 24.3 Å². The summed E-state index contributed by atoms with van der Waals surface area (Å²) in [7, 11) is 0. The van der Waals surface area contributed by atoms with E-state index in [0.717, 1.165) is 69.3 Å². The van der Waals surface area contributed by atoms with Crippen molar-refractivity contribution in [3.05, 3.63) is 193 Å². The Morgan fingerprint density at radius 2 is 0.745 bits per heavy atom. The first-order chi connectivity index (χ1) is 26.5. The molecule has 0 spiro atoms. The fourth-order valence-electron chi connectivity index (χ4n) is 6.64. The lowest BCUT2D eigenvalue weighted by atomic mass is 10.1. The molecule has 0 saturated heterocycles. The van der Waals surface area contributed by atoms with Crippen molar-refractivity contribution in [1.29, 1.82) is 0 Å². The van der Waals surface area contributed by atoms with Gasteiger partial charge in [-0.1, -0.05) is 48.5 Å². The minimum atomic E-state index is -4.45. The second-order valence-electron chi connectivity index (χ2n) is 12.8. The molecule has 8 rings (SSSR count). The molecule has 0 N–H and O–H groups in total. The van der Waals surface area contributed by atoms with Crippen molar-refractivity contribution < 1.29 is 26.3 Å². The van der Waals surface area contributed by atoms with Crippen molar-refractivity contribution in [1.82, 2.24) is 9.55 Å². The second-order valence-corrected chi connectivity index (χ2v) is 12.8. The molecular weight excluding hydrogens is 711 g/mol. The highest BCUT2D eigenvalue weighted by Gasteiger charge is 2.31. The largest absolute Gasteiger partial charge is 0.416 e. The van der Waals surface area contributed by atoms with Gasteiger partial charge < -0.3 is 9.80 Å². The van der Waals surface area contributed by atoms with Gasteiger partial charge in [-0.2, -0.15) is 26.3 Å². The molecule has 1 aromatic heterocycles. The lowest BCUT2D eigenvalue weighted by Crippen LogP contribution is -2.11. The molecule has 8 aromatic rings. The Labute approximate surface area is 312 Å². The molecule has 10 heteroatoms. The van der Waals surface area contributed by atoms with Crippen LogP contribution >= 0.6 is 0 Å². The van der Waals surface area contributed by atoms with E-state index >= 15 is 0 Å². The lowest BCUT2D eigenvalue weighted by Gasteiger charge is -2.26. The molecule has 0 saturated carbocycles. The highest BCUT2D eigenvalue weighted by Crippen LogP contribution is 2.40. The van der Waals surface area contributed by atoms with Crippen LogP contribution in [0.15, 0.2) is 182 Å². The van der Waals surface area contributed by atoms with Crippen molar-refractivity contribution in [2.24, 2.45) is 0 Å². The predicted molar refractivity (Wildman–Crippen MR) is 206 cm³/mol. The number of para-hydroxylation sites is 4. The van der Waals surface area contributed by atoms with Gasteiger partial charge in [-0.05, 0) is 133 Å². The van der Waals surface area contributed by atoms with Crippen LogP contribution in [0.2, 0.25) is 0 Å². The fourth-order valence-corrected chi connectivity index (χ4v) is 6.64. The third-order valence-corrected chi connectivity index (χ3v) is 9.25. The predicted octanol–water partition coefficient (Wildman–Crippen LogP) is 13.7. The topological polar surface area (TPSA) is 24.3 Å². The van der Waals surface area contributed by atoms with Crippen molar-refractivity contribution in [3.8, 4) is 17.1 Å². The number of hydrogen-bond donors (Lipinski definition) is 0. The van der Waals surface area contributed by atoms with Crippen molar-refractivity contribution in [2.45, 2.75) is 12.4 Å². The minimum Gasteiger partial charge on any atom is -0.311 e. The monoisotopic (exact) mass is 740 g/mol. The first kappa shape index (κ1) is 35.2. The van der Waals surface area contributed by atoms with E-state index in [1.54, 1.807) is 0 Å². The summed E-state index contributed by atoms with van der Waals surface area (Å²) in [6.07, 6.45) is -8.90. The zero-order valence-corrected chi connectivity index (χ0v) is 28.9. The van der Waals surface area contributed by atoms with E-state index in [9.17, 15) is 26.3 Å². The van der Waals surface area contributed by atoms with Crippen LogP contribution in [-0.2, 0) is 12.4 Å². The zero-order valence-electron chi connectivity index (χ0n) is 28.9. The summed E-state index contributed by atoms with van der Waals surface area (Å²) in [6.45, 7) is 0. The van der Waals surface area contributed by atoms with Crippen LogP contribution in [0.3, 0.4) is 0 Å². The molecule has 0 bridgehead atoms. The third kappa shape index (κ3) is 7.14. The third-order valence-electron chi connectivity index (χ3n) is 9.25. The maximum absolute atomic E-state index is 13.4. The van der Waals surface area contributed by atoms with Gasteiger partial charge in [-0.25, -0.2) is 4.98 Å². The molecule has 7 aromatic carbocycles. The molecule has 1 heterocycles.